The molecule has 0 radical (unpaired) electrons. The highest BCUT2D eigenvalue weighted by Crippen LogP contribution is 2.36. The zero-order valence-corrected chi connectivity index (χ0v) is 22.2. The molecule has 1 amide bonds. The number of fused-ring (bicyclic) bond motifs is 1. The van der Waals surface area contributed by atoms with Crippen molar-refractivity contribution in [3.8, 4) is 0 Å². The van der Waals surface area contributed by atoms with Gasteiger partial charge in [-0.15, -0.1) is 6.58 Å². The maximum Gasteiger partial charge on any atom is 0.410 e. The largest absolute Gasteiger partial charge is 0.449 e. The minimum absolute atomic E-state index is 0.0504. The number of unbranched alkanes of at least 4 members (excludes halogenated alkanes) is 1. The van der Waals surface area contributed by atoms with Crippen LogP contribution in [-0.2, 0) is 27.1 Å². The predicted octanol–water partition coefficient (Wildman–Crippen LogP) is 4.43. The van der Waals surface area contributed by atoms with E-state index in [9.17, 15) is 9.59 Å². The highest BCUT2D eigenvalue weighted by molar-refractivity contribution is 7.09. The number of carbonyl (C=O) groups excluding carboxylic acids is 1. The minimum atomic E-state index is -1.91. The van der Waals surface area contributed by atoms with Crippen molar-refractivity contribution in [3.05, 3.63) is 32.9 Å². The molecule has 10 heteroatoms. The monoisotopic (exact) mass is 485 g/mol. The number of nitrogens with zero attached hydrogens (tertiary/aromatic N) is 2. The van der Waals surface area contributed by atoms with E-state index >= 15 is 0 Å². The van der Waals surface area contributed by atoms with E-state index in [2.05, 4.69) is 45.9 Å². The third-order valence-electron chi connectivity index (χ3n) is 6.08. The standard InChI is InChI=1S/C22H39N3O5SSi/c1-8-10-13-28-20(26)24-15-17(23-29-12-9-2)19-18(16-24)25(21(27)31-19)11-14-30-32(6,7)22(3,4)5/h9,17,23H,2,8,10-16H2,1,3-7H3. The van der Waals surface area contributed by atoms with Crippen LogP contribution in [0, 0.1) is 0 Å². The molecule has 0 spiro atoms. The topological polar surface area (TPSA) is 82.0 Å². The lowest BCUT2D eigenvalue weighted by Crippen LogP contribution is -2.44. The maximum atomic E-state index is 12.8. The third-order valence-corrected chi connectivity index (χ3v) is 11.8. The normalized spacial score (nSPS) is 16.7. The molecule has 1 unspecified atom stereocenters. The molecule has 0 bridgehead atoms. The fourth-order valence-corrected chi connectivity index (χ4v) is 5.19. The van der Waals surface area contributed by atoms with E-state index in [0.717, 1.165) is 23.4 Å². The maximum absolute atomic E-state index is 12.8. The van der Waals surface area contributed by atoms with Gasteiger partial charge in [0.2, 0.25) is 0 Å². The average Bonchev–Trinajstić information content (AvgIpc) is 3.03. The number of amides is 1. The van der Waals surface area contributed by atoms with Crippen LogP contribution in [0.4, 0.5) is 4.79 Å². The molecule has 0 saturated heterocycles. The van der Waals surface area contributed by atoms with Crippen molar-refractivity contribution in [2.24, 2.45) is 0 Å². The first-order chi connectivity index (χ1) is 15.0. The number of ether oxygens (including phenoxy) is 1. The van der Waals surface area contributed by atoms with Gasteiger partial charge in [-0.25, -0.2) is 4.79 Å². The Morgan fingerprint density at radius 3 is 2.69 bits per heavy atom. The van der Waals surface area contributed by atoms with Crippen molar-refractivity contribution in [2.75, 3.05) is 26.4 Å². The Balaban J connectivity index is 2.20. The third kappa shape index (κ3) is 6.77. The first kappa shape index (κ1) is 26.8. The van der Waals surface area contributed by atoms with E-state index < -0.39 is 8.32 Å². The van der Waals surface area contributed by atoms with Gasteiger partial charge in [0.05, 0.1) is 43.0 Å². The van der Waals surface area contributed by atoms with Crippen LogP contribution in [-0.4, -0.2) is 50.2 Å². The van der Waals surface area contributed by atoms with Gasteiger partial charge in [-0.05, 0) is 24.6 Å². The van der Waals surface area contributed by atoms with Crippen molar-refractivity contribution in [1.82, 2.24) is 14.9 Å². The molecule has 1 aliphatic heterocycles. The Kier molecular flexibility index (Phi) is 9.71. The highest BCUT2D eigenvalue weighted by Gasteiger charge is 2.37. The summed E-state index contributed by atoms with van der Waals surface area (Å²) in [7, 11) is -1.91. The summed E-state index contributed by atoms with van der Waals surface area (Å²) in [6, 6.07) is -0.308. The van der Waals surface area contributed by atoms with E-state index in [0.29, 0.717) is 39.5 Å². The van der Waals surface area contributed by atoms with Crippen LogP contribution < -0.4 is 10.4 Å². The lowest BCUT2D eigenvalue weighted by atomic mass is 10.1. The summed E-state index contributed by atoms with van der Waals surface area (Å²) in [6.07, 6.45) is 3.04. The molecule has 1 N–H and O–H groups in total. The van der Waals surface area contributed by atoms with Crippen molar-refractivity contribution in [2.45, 2.75) is 77.8 Å². The lowest BCUT2D eigenvalue weighted by molar-refractivity contribution is 0.0160. The van der Waals surface area contributed by atoms with Gasteiger partial charge in [0.1, 0.15) is 0 Å². The summed E-state index contributed by atoms with van der Waals surface area (Å²) in [4.78, 5) is 33.4. The van der Waals surface area contributed by atoms with Gasteiger partial charge in [-0.2, -0.15) is 5.48 Å². The summed E-state index contributed by atoms with van der Waals surface area (Å²) < 4.78 is 13.4. The molecule has 0 aromatic carbocycles. The van der Waals surface area contributed by atoms with Gasteiger partial charge < -0.3 is 14.1 Å². The Morgan fingerprint density at radius 1 is 1.34 bits per heavy atom. The molecule has 0 aliphatic carbocycles. The van der Waals surface area contributed by atoms with Crippen molar-refractivity contribution >= 4 is 25.7 Å². The van der Waals surface area contributed by atoms with E-state index in [1.54, 1.807) is 15.5 Å². The van der Waals surface area contributed by atoms with Crippen LogP contribution in [0.25, 0.3) is 0 Å². The van der Waals surface area contributed by atoms with Gasteiger partial charge in [0.25, 0.3) is 0 Å². The quantitative estimate of drug-likeness (QED) is 0.216. The highest BCUT2D eigenvalue weighted by atomic mass is 32.1. The number of carbonyl (C=O) groups is 1. The number of aromatic nitrogens is 1. The Bertz CT molecular complexity index is 831. The van der Waals surface area contributed by atoms with Crippen LogP contribution in [0.15, 0.2) is 17.4 Å². The minimum Gasteiger partial charge on any atom is -0.449 e. The van der Waals surface area contributed by atoms with E-state index in [-0.39, 0.29) is 22.0 Å². The van der Waals surface area contributed by atoms with Crippen LogP contribution in [0.3, 0.4) is 0 Å². The zero-order valence-electron chi connectivity index (χ0n) is 20.4. The number of hydrogen-bond acceptors (Lipinski definition) is 7. The summed E-state index contributed by atoms with van der Waals surface area (Å²) >= 11 is 1.20. The summed E-state index contributed by atoms with van der Waals surface area (Å²) in [5, 5.41) is 0.0998. The lowest BCUT2D eigenvalue weighted by Gasteiger charge is -2.36. The van der Waals surface area contributed by atoms with Crippen LogP contribution in [0.2, 0.25) is 18.1 Å². The Hall–Kier alpha value is -1.46. The van der Waals surface area contributed by atoms with Crippen molar-refractivity contribution in [3.63, 3.8) is 0 Å². The molecule has 1 aromatic heterocycles. The van der Waals surface area contributed by atoms with Gasteiger partial charge in [0, 0.05) is 13.1 Å². The SMILES string of the molecule is C=CCONC1CN(C(=O)OCCCC)Cc2c1sc(=O)n2CCO[Si](C)(C)C(C)(C)C. The van der Waals surface area contributed by atoms with Crippen molar-refractivity contribution in [1.29, 1.82) is 0 Å². The number of thiazole rings is 1. The molecule has 8 nitrogen and oxygen atoms in total. The van der Waals surface area contributed by atoms with E-state index in [4.69, 9.17) is 14.0 Å². The van der Waals surface area contributed by atoms with E-state index in [1.165, 1.54) is 11.3 Å². The molecule has 32 heavy (non-hydrogen) atoms. The predicted molar refractivity (Wildman–Crippen MR) is 130 cm³/mol. The molecule has 0 saturated carbocycles. The van der Waals surface area contributed by atoms with Crippen LogP contribution >= 0.6 is 11.3 Å². The first-order valence-corrected chi connectivity index (χ1v) is 15.0. The Morgan fingerprint density at radius 2 is 2.06 bits per heavy atom. The molecular formula is C22H39N3O5SSi. The molecule has 2 heterocycles. The molecular weight excluding hydrogens is 446 g/mol. The summed E-state index contributed by atoms with van der Waals surface area (Å²) in [5.41, 5.74) is 3.80. The van der Waals surface area contributed by atoms with Gasteiger partial charge in [-0.1, -0.05) is 51.5 Å². The molecule has 1 aromatic rings. The van der Waals surface area contributed by atoms with Crippen LogP contribution in [0.5, 0.6) is 0 Å². The van der Waals surface area contributed by atoms with Gasteiger partial charge >= 0.3 is 11.0 Å². The number of hydrogen-bond donors (Lipinski definition) is 1. The number of hydroxylamine groups is 1. The van der Waals surface area contributed by atoms with E-state index in [1.807, 2.05) is 6.92 Å². The van der Waals surface area contributed by atoms with Gasteiger partial charge in [0.15, 0.2) is 8.32 Å². The molecule has 182 valence electrons. The smallest absolute Gasteiger partial charge is 0.410 e. The molecule has 0 fully saturated rings. The number of nitrogens with one attached hydrogen (secondary N) is 1. The summed E-state index contributed by atoms with van der Waals surface area (Å²) in [6.45, 7) is 19.0. The second-order valence-corrected chi connectivity index (χ2v) is 15.4. The first-order valence-electron chi connectivity index (χ1n) is 11.3. The second-order valence-electron chi connectivity index (χ2n) is 9.56. The molecule has 2 rings (SSSR count). The van der Waals surface area contributed by atoms with Crippen molar-refractivity contribution < 1.29 is 18.8 Å². The fourth-order valence-electron chi connectivity index (χ4n) is 3.10. The fraction of sp³-hybridized carbons (Fsp3) is 0.727. The van der Waals surface area contributed by atoms with Gasteiger partial charge in [-0.3, -0.25) is 14.2 Å². The Labute approximate surface area is 196 Å². The number of rotatable bonds is 11. The summed E-state index contributed by atoms with van der Waals surface area (Å²) in [5.74, 6) is 0. The molecule has 1 atom stereocenters. The molecule has 1 aliphatic rings. The average molecular weight is 486 g/mol. The second kappa shape index (κ2) is 11.6. The zero-order chi connectivity index (χ0) is 23.9. The van der Waals surface area contributed by atoms with Crippen LogP contribution in [0.1, 0.15) is 57.1 Å².